The molecule has 156 valence electrons. The van der Waals surface area contributed by atoms with E-state index < -0.39 is 21.9 Å². The molecular formula is C18H13F3N4O3S2. The summed E-state index contributed by atoms with van der Waals surface area (Å²) in [5.41, 5.74) is -0.151. The minimum Gasteiger partial charge on any atom is -0.497 e. The predicted molar refractivity (Wildman–Crippen MR) is 105 cm³/mol. The van der Waals surface area contributed by atoms with Gasteiger partial charge in [0.1, 0.15) is 16.5 Å². The number of alkyl halides is 3. The van der Waals surface area contributed by atoms with Crippen LogP contribution in [0.2, 0.25) is 0 Å². The number of primary sulfonamides is 1. The smallest absolute Gasteiger partial charge is 0.435 e. The monoisotopic (exact) mass is 454 g/mol. The molecule has 0 aliphatic rings. The molecule has 30 heavy (non-hydrogen) atoms. The Morgan fingerprint density at radius 3 is 2.40 bits per heavy atom. The van der Waals surface area contributed by atoms with E-state index in [1.54, 1.807) is 18.2 Å². The molecule has 12 heteroatoms. The predicted octanol–water partition coefficient (Wildman–Crippen LogP) is 3.82. The summed E-state index contributed by atoms with van der Waals surface area (Å²) in [4.78, 5) is 4.25. The van der Waals surface area contributed by atoms with Gasteiger partial charge in [0.15, 0.2) is 5.69 Å². The molecule has 2 heterocycles. The molecule has 0 saturated heterocycles. The van der Waals surface area contributed by atoms with E-state index in [4.69, 9.17) is 9.88 Å². The van der Waals surface area contributed by atoms with Crippen molar-refractivity contribution in [1.29, 1.82) is 0 Å². The Hall–Kier alpha value is -2.96. The summed E-state index contributed by atoms with van der Waals surface area (Å²) in [6, 6.07) is 11.1. The summed E-state index contributed by atoms with van der Waals surface area (Å²) >= 11 is 1.18. The Bertz CT molecular complexity index is 1340. The van der Waals surface area contributed by atoms with E-state index in [1.807, 2.05) is 0 Å². The normalized spacial score (nSPS) is 12.4. The van der Waals surface area contributed by atoms with Crippen molar-refractivity contribution in [3.63, 3.8) is 0 Å². The Morgan fingerprint density at radius 1 is 1.10 bits per heavy atom. The first-order chi connectivity index (χ1) is 14.1. The Balaban J connectivity index is 1.88. The quantitative estimate of drug-likeness (QED) is 0.505. The Kier molecular flexibility index (Phi) is 4.79. The molecule has 4 rings (SSSR count). The molecule has 2 N–H and O–H groups in total. The van der Waals surface area contributed by atoms with Crippen LogP contribution in [0.5, 0.6) is 5.75 Å². The molecular weight excluding hydrogens is 441 g/mol. The molecule has 2 aromatic heterocycles. The molecule has 0 bridgehead atoms. The topological polar surface area (TPSA) is 100 Å². The zero-order valence-electron chi connectivity index (χ0n) is 15.2. The minimum absolute atomic E-state index is 0.117. The third-order valence-corrected chi connectivity index (χ3v) is 6.19. The molecule has 7 nitrogen and oxygen atoms in total. The first-order valence-electron chi connectivity index (χ1n) is 8.32. The zero-order valence-corrected chi connectivity index (χ0v) is 16.8. The van der Waals surface area contributed by atoms with Crippen molar-refractivity contribution in [2.45, 2.75) is 11.1 Å². The van der Waals surface area contributed by atoms with Gasteiger partial charge < -0.3 is 4.74 Å². The molecule has 0 unspecified atom stereocenters. The van der Waals surface area contributed by atoms with E-state index in [0.717, 1.165) is 15.4 Å². The maximum atomic E-state index is 13.3. The van der Waals surface area contributed by atoms with Crippen molar-refractivity contribution >= 4 is 31.6 Å². The van der Waals surface area contributed by atoms with Gasteiger partial charge in [-0.2, -0.15) is 18.3 Å². The van der Waals surface area contributed by atoms with Gasteiger partial charge in [-0.3, -0.25) is 0 Å². The molecule has 0 atom stereocenters. The third kappa shape index (κ3) is 3.76. The molecule has 4 aromatic rings. The molecule has 0 spiro atoms. The van der Waals surface area contributed by atoms with Crippen molar-refractivity contribution < 1.29 is 26.3 Å². The summed E-state index contributed by atoms with van der Waals surface area (Å²) in [6.07, 6.45) is -4.67. The van der Waals surface area contributed by atoms with Crippen LogP contribution in [0.3, 0.4) is 0 Å². The largest absolute Gasteiger partial charge is 0.497 e. The second-order valence-corrected chi connectivity index (χ2v) is 8.81. The highest BCUT2D eigenvalue weighted by Crippen LogP contribution is 2.37. The summed E-state index contributed by atoms with van der Waals surface area (Å²) < 4.78 is 69.9. The fourth-order valence-electron chi connectivity index (χ4n) is 2.79. The maximum absolute atomic E-state index is 13.3. The third-order valence-electron chi connectivity index (χ3n) is 4.22. The van der Waals surface area contributed by atoms with E-state index in [0.29, 0.717) is 16.3 Å². The van der Waals surface area contributed by atoms with Crippen molar-refractivity contribution in [3.05, 3.63) is 54.2 Å². The lowest BCUT2D eigenvalue weighted by Crippen LogP contribution is -2.12. The molecule has 2 aromatic carbocycles. The molecule has 0 aliphatic heterocycles. The van der Waals surface area contributed by atoms with Crippen molar-refractivity contribution in [2.75, 3.05) is 7.11 Å². The van der Waals surface area contributed by atoms with E-state index in [2.05, 4.69) is 10.1 Å². The number of halogens is 3. The number of hydrogen-bond donors (Lipinski definition) is 1. The maximum Gasteiger partial charge on any atom is 0.435 e. The summed E-state index contributed by atoms with van der Waals surface area (Å²) in [6.45, 7) is 0. The standard InChI is InChI=1S/C18H13F3N4O3S2/c1-28-11-4-7-13-15(8-11)29-17(23-13)14-9-16(18(19,20)21)24-25(14)10-2-5-12(6-3-10)30(22,26)27/h2-9H,1H3,(H2,22,26,27). The van der Waals surface area contributed by atoms with Gasteiger partial charge >= 0.3 is 6.18 Å². The van der Waals surface area contributed by atoms with E-state index in [9.17, 15) is 21.6 Å². The van der Waals surface area contributed by atoms with Gasteiger partial charge in [0.25, 0.3) is 0 Å². The van der Waals surface area contributed by atoms with Crippen molar-refractivity contribution in [1.82, 2.24) is 14.8 Å². The number of sulfonamides is 1. The lowest BCUT2D eigenvalue weighted by atomic mass is 10.3. The van der Waals surface area contributed by atoms with Crippen LogP contribution in [0.15, 0.2) is 53.4 Å². The number of nitrogens with two attached hydrogens (primary N) is 1. The number of hydrogen-bond acceptors (Lipinski definition) is 6. The van der Waals surface area contributed by atoms with Gasteiger partial charge in [-0.1, -0.05) is 0 Å². The van der Waals surface area contributed by atoms with Crippen LogP contribution in [-0.4, -0.2) is 30.3 Å². The number of fused-ring (bicyclic) bond motifs is 1. The number of aromatic nitrogens is 3. The number of methoxy groups -OCH3 is 1. The molecule has 0 aliphatic carbocycles. The highest BCUT2D eigenvalue weighted by atomic mass is 32.2. The fourth-order valence-corrected chi connectivity index (χ4v) is 4.30. The van der Waals surface area contributed by atoms with Crippen LogP contribution >= 0.6 is 11.3 Å². The van der Waals surface area contributed by atoms with Gasteiger partial charge in [-0.15, -0.1) is 11.3 Å². The van der Waals surface area contributed by atoms with Crippen LogP contribution in [0.4, 0.5) is 13.2 Å². The van der Waals surface area contributed by atoms with Crippen LogP contribution < -0.4 is 9.88 Å². The van der Waals surface area contributed by atoms with E-state index in [-0.39, 0.29) is 16.3 Å². The summed E-state index contributed by atoms with van der Waals surface area (Å²) in [5, 5.41) is 9.07. The zero-order chi connectivity index (χ0) is 21.7. The molecule has 0 radical (unpaired) electrons. The van der Waals surface area contributed by atoms with Crippen LogP contribution in [-0.2, 0) is 16.2 Å². The average Bonchev–Trinajstić information content (AvgIpc) is 3.30. The number of ether oxygens (including phenoxy) is 1. The highest BCUT2D eigenvalue weighted by Gasteiger charge is 2.35. The van der Waals surface area contributed by atoms with Crippen LogP contribution in [0.25, 0.3) is 26.6 Å². The lowest BCUT2D eigenvalue weighted by molar-refractivity contribution is -0.141. The van der Waals surface area contributed by atoms with Crippen LogP contribution in [0, 0.1) is 0 Å². The van der Waals surface area contributed by atoms with Crippen molar-refractivity contribution in [2.24, 2.45) is 5.14 Å². The second-order valence-electron chi connectivity index (χ2n) is 6.22. The van der Waals surface area contributed by atoms with Crippen LogP contribution in [0.1, 0.15) is 5.69 Å². The first-order valence-corrected chi connectivity index (χ1v) is 10.7. The summed E-state index contributed by atoms with van der Waals surface area (Å²) in [5.74, 6) is 0.598. The Morgan fingerprint density at radius 2 is 1.80 bits per heavy atom. The highest BCUT2D eigenvalue weighted by molar-refractivity contribution is 7.89. The van der Waals surface area contributed by atoms with Gasteiger partial charge in [0, 0.05) is 0 Å². The molecule has 0 amide bonds. The first kappa shape index (κ1) is 20.3. The van der Waals surface area contributed by atoms with Gasteiger partial charge in [0.2, 0.25) is 10.0 Å². The number of benzene rings is 2. The number of rotatable bonds is 4. The lowest BCUT2D eigenvalue weighted by Gasteiger charge is -2.06. The summed E-state index contributed by atoms with van der Waals surface area (Å²) in [7, 11) is -2.42. The van der Waals surface area contributed by atoms with Gasteiger partial charge in [-0.05, 0) is 48.5 Å². The number of thiazole rings is 1. The average molecular weight is 454 g/mol. The molecule has 0 fully saturated rings. The second kappa shape index (κ2) is 7.07. The Labute approximate surface area is 172 Å². The van der Waals surface area contributed by atoms with E-state index in [1.165, 1.54) is 42.7 Å². The van der Waals surface area contributed by atoms with E-state index >= 15 is 0 Å². The number of nitrogens with zero attached hydrogens (tertiary/aromatic N) is 3. The molecule has 0 saturated carbocycles. The fraction of sp³-hybridized carbons (Fsp3) is 0.111. The SMILES string of the molecule is COc1ccc2nc(-c3cc(C(F)(F)F)nn3-c3ccc(S(N)(=O)=O)cc3)sc2c1. The van der Waals surface area contributed by atoms with Gasteiger partial charge in [-0.25, -0.2) is 23.2 Å². The minimum atomic E-state index is -4.67. The van der Waals surface area contributed by atoms with Gasteiger partial charge in [0.05, 0.1) is 27.9 Å². The van der Waals surface area contributed by atoms with Crippen molar-refractivity contribution in [3.8, 4) is 22.1 Å².